The number of halogens is 2. The number of benzene rings is 2. The maximum atomic E-state index is 13.5. The minimum absolute atomic E-state index is 0.118. The van der Waals surface area contributed by atoms with Crippen LogP contribution in [0, 0.1) is 0 Å². The van der Waals surface area contributed by atoms with E-state index < -0.39 is 23.8 Å². The van der Waals surface area contributed by atoms with Gasteiger partial charge in [-0.15, -0.1) is 0 Å². The van der Waals surface area contributed by atoms with Gasteiger partial charge in [0.15, 0.2) is 5.78 Å². The number of Topliss-reactive ketones (excluding diaryl/α,β-unsaturated/α-hetero) is 1. The Hall–Kier alpha value is -2.70. The van der Waals surface area contributed by atoms with Crippen LogP contribution in [-0.2, 0) is 9.59 Å². The quantitative estimate of drug-likeness (QED) is 0.481. The van der Waals surface area contributed by atoms with Crippen molar-refractivity contribution in [3.63, 3.8) is 0 Å². The molecule has 0 radical (unpaired) electrons. The Morgan fingerprint density at radius 2 is 1.60 bits per heavy atom. The highest BCUT2D eigenvalue weighted by Gasteiger charge is 2.41. The molecule has 1 fully saturated rings. The summed E-state index contributed by atoms with van der Waals surface area (Å²) in [5.41, 5.74) is 0.503. The fraction of sp³-hybridized carbons (Fsp3) is 0.273. The van der Waals surface area contributed by atoms with Gasteiger partial charge in [-0.3, -0.25) is 19.2 Å². The van der Waals surface area contributed by atoms with Crippen LogP contribution in [0.5, 0.6) is 0 Å². The van der Waals surface area contributed by atoms with Crippen LogP contribution >= 0.6 is 23.2 Å². The Bertz CT molecular complexity index is 978. The summed E-state index contributed by atoms with van der Waals surface area (Å²) in [5.74, 6) is -2.07. The van der Waals surface area contributed by atoms with E-state index in [2.05, 4.69) is 0 Å². The predicted molar refractivity (Wildman–Crippen MR) is 113 cm³/mol. The molecule has 3 amide bonds. The number of amides is 3. The van der Waals surface area contributed by atoms with Gasteiger partial charge >= 0.3 is 0 Å². The molecule has 1 aliphatic rings. The summed E-state index contributed by atoms with van der Waals surface area (Å²) in [5, 5.41) is 2.22. The summed E-state index contributed by atoms with van der Waals surface area (Å²) in [6.45, 7) is 1.72. The standard InChI is InChI=1S/C22H20Cl2N2O4/c1-2-18(21(29)14-7-4-3-5-8-14)25(26-19(27)9-6-10-20(26)28)22(30)15-11-12-16(23)17(24)13-15/h3-5,7-8,11-13,18H,2,6,9-10H2,1H3/t18-/m1/s1. The van der Waals surface area contributed by atoms with Crippen molar-refractivity contribution < 1.29 is 19.2 Å². The molecule has 0 N–H and O–H groups in total. The molecule has 2 aromatic rings. The van der Waals surface area contributed by atoms with Crippen molar-refractivity contribution in [1.29, 1.82) is 0 Å². The fourth-order valence-corrected chi connectivity index (χ4v) is 3.68. The summed E-state index contributed by atoms with van der Waals surface area (Å²) in [4.78, 5) is 52.0. The molecule has 8 heteroatoms. The molecule has 0 bridgehead atoms. The van der Waals surface area contributed by atoms with Gasteiger partial charge in [-0.2, -0.15) is 5.01 Å². The lowest BCUT2D eigenvalue weighted by atomic mass is 10.0. The van der Waals surface area contributed by atoms with E-state index in [4.69, 9.17) is 23.2 Å². The molecule has 30 heavy (non-hydrogen) atoms. The molecule has 1 heterocycles. The SMILES string of the molecule is CC[C@H](C(=O)c1ccccc1)N(C(=O)c1ccc(Cl)c(Cl)c1)N1C(=O)CCCC1=O. The van der Waals surface area contributed by atoms with Gasteiger partial charge in [-0.25, -0.2) is 5.01 Å². The zero-order valence-electron chi connectivity index (χ0n) is 16.3. The molecule has 156 valence electrons. The zero-order chi connectivity index (χ0) is 21.8. The third kappa shape index (κ3) is 4.40. The van der Waals surface area contributed by atoms with Gasteiger partial charge in [-0.05, 0) is 31.0 Å². The minimum atomic E-state index is -1.04. The number of ketones is 1. The topological polar surface area (TPSA) is 74.8 Å². The van der Waals surface area contributed by atoms with Crippen LogP contribution in [0.25, 0.3) is 0 Å². The molecule has 3 rings (SSSR count). The van der Waals surface area contributed by atoms with E-state index in [-0.39, 0.29) is 40.7 Å². The van der Waals surface area contributed by atoms with E-state index in [0.717, 1.165) is 10.0 Å². The Labute approximate surface area is 184 Å². The predicted octanol–water partition coefficient (Wildman–Crippen LogP) is 4.55. The normalized spacial score (nSPS) is 15.1. The van der Waals surface area contributed by atoms with Crippen molar-refractivity contribution in [2.24, 2.45) is 0 Å². The highest BCUT2D eigenvalue weighted by atomic mass is 35.5. The van der Waals surface area contributed by atoms with Crippen molar-refractivity contribution in [3.05, 3.63) is 69.7 Å². The molecule has 2 aromatic carbocycles. The summed E-state index contributed by atoms with van der Waals surface area (Å²) in [6.07, 6.45) is 0.851. The van der Waals surface area contributed by atoms with Gasteiger partial charge in [0.05, 0.1) is 10.0 Å². The molecule has 0 aromatic heterocycles. The van der Waals surface area contributed by atoms with Crippen molar-refractivity contribution in [2.45, 2.75) is 38.6 Å². The Kier molecular flexibility index (Phi) is 6.90. The van der Waals surface area contributed by atoms with Crippen molar-refractivity contribution in [1.82, 2.24) is 10.0 Å². The van der Waals surface area contributed by atoms with Crippen LogP contribution in [-0.4, -0.2) is 39.6 Å². The second kappa shape index (κ2) is 9.41. The second-order valence-corrected chi connectivity index (χ2v) is 7.70. The number of hydrogen-bond acceptors (Lipinski definition) is 4. The lowest BCUT2D eigenvalue weighted by Gasteiger charge is -2.39. The third-order valence-corrected chi connectivity index (χ3v) is 5.63. The van der Waals surface area contributed by atoms with Gasteiger partial charge in [-0.1, -0.05) is 60.5 Å². The largest absolute Gasteiger partial charge is 0.292 e. The van der Waals surface area contributed by atoms with E-state index in [0.29, 0.717) is 12.0 Å². The number of nitrogens with zero attached hydrogens (tertiary/aromatic N) is 2. The smallest absolute Gasteiger partial charge is 0.273 e. The molecule has 0 spiro atoms. The van der Waals surface area contributed by atoms with Crippen LogP contribution < -0.4 is 0 Å². The molecule has 6 nitrogen and oxygen atoms in total. The molecule has 0 saturated carbocycles. The second-order valence-electron chi connectivity index (χ2n) is 6.89. The summed E-state index contributed by atoms with van der Waals surface area (Å²) in [7, 11) is 0. The van der Waals surface area contributed by atoms with Crippen molar-refractivity contribution in [2.75, 3.05) is 0 Å². The summed E-state index contributed by atoms with van der Waals surface area (Å²) >= 11 is 12.0. The average Bonchev–Trinajstić information content (AvgIpc) is 2.74. The molecule has 1 saturated heterocycles. The zero-order valence-corrected chi connectivity index (χ0v) is 17.8. The van der Waals surface area contributed by atoms with Crippen LogP contribution in [0.3, 0.4) is 0 Å². The van der Waals surface area contributed by atoms with Crippen LogP contribution in [0.2, 0.25) is 10.0 Å². The van der Waals surface area contributed by atoms with Gasteiger partial charge in [0.25, 0.3) is 5.91 Å². The van der Waals surface area contributed by atoms with E-state index >= 15 is 0 Å². The Balaban J connectivity index is 2.09. The summed E-state index contributed by atoms with van der Waals surface area (Å²) < 4.78 is 0. The van der Waals surface area contributed by atoms with Gasteiger partial charge in [0.1, 0.15) is 6.04 Å². The number of carbonyl (C=O) groups excluding carboxylic acids is 4. The maximum absolute atomic E-state index is 13.5. The lowest BCUT2D eigenvalue weighted by molar-refractivity contribution is -0.165. The van der Waals surface area contributed by atoms with Gasteiger partial charge < -0.3 is 0 Å². The number of imide groups is 1. The van der Waals surface area contributed by atoms with Crippen molar-refractivity contribution in [3.8, 4) is 0 Å². The molecular weight excluding hydrogens is 427 g/mol. The number of hydrazine groups is 1. The van der Waals surface area contributed by atoms with Gasteiger partial charge in [0.2, 0.25) is 11.8 Å². The van der Waals surface area contributed by atoms with E-state index in [9.17, 15) is 19.2 Å². The Morgan fingerprint density at radius 3 is 2.17 bits per heavy atom. The van der Waals surface area contributed by atoms with E-state index in [1.807, 2.05) is 0 Å². The monoisotopic (exact) mass is 446 g/mol. The lowest BCUT2D eigenvalue weighted by Crippen LogP contribution is -2.60. The first-order valence-electron chi connectivity index (χ1n) is 9.58. The molecule has 0 unspecified atom stereocenters. The third-order valence-electron chi connectivity index (χ3n) is 4.89. The van der Waals surface area contributed by atoms with Crippen molar-refractivity contribution >= 4 is 46.7 Å². The van der Waals surface area contributed by atoms with Crippen LogP contribution in [0.1, 0.15) is 53.3 Å². The molecule has 1 atom stereocenters. The average molecular weight is 447 g/mol. The van der Waals surface area contributed by atoms with Crippen LogP contribution in [0.4, 0.5) is 0 Å². The number of rotatable bonds is 6. The van der Waals surface area contributed by atoms with E-state index in [1.54, 1.807) is 37.3 Å². The highest BCUT2D eigenvalue weighted by molar-refractivity contribution is 6.42. The fourth-order valence-electron chi connectivity index (χ4n) is 3.38. The first-order chi connectivity index (χ1) is 14.3. The maximum Gasteiger partial charge on any atom is 0.273 e. The highest BCUT2D eigenvalue weighted by Crippen LogP contribution is 2.27. The number of piperidine rings is 1. The molecular formula is C22H20Cl2N2O4. The first-order valence-corrected chi connectivity index (χ1v) is 10.3. The van der Waals surface area contributed by atoms with Gasteiger partial charge in [0, 0.05) is 24.0 Å². The molecule has 0 aliphatic carbocycles. The van der Waals surface area contributed by atoms with Crippen LogP contribution in [0.15, 0.2) is 48.5 Å². The summed E-state index contributed by atoms with van der Waals surface area (Å²) in [6, 6.07) is 11.7. The first kappa shape index (κ1) is 22.0. The number of carbonyl (C=O) groups is 4. The van der Waals surface area contributed by atoms with E-state index in [1.165, 1.54) is 18.2 Å². The number of hydrogen-bond donors (Lipinski definition) is 0. The Morgan fingerprint density at radius 1 is 0.967 bits per heavy atom. The molecule has 1 aliphatic heterocycles. The minimum Gasteiger partial charge on any atom is -0.292 e.